The Kier molecular flexibility index (Phi) is 5.10. The standard InChI is InChI=1S/C10H18OS2/c1-12-10(13(2)11)8-9-6-4-3-5-7-9/h8-9H,3-7H2,1-2H3/b10-8+. The molecule has 1 saturated carbocycles. The summed E-state index contributed by atoms with van der Waals surface area (Å²) in [6.45, 7) is 0. The number of allylic oxidation sites excluding steroid dienone is 1. The second-order valence-electron chi connectivity index (χ2n) is 3.54. The molecule has 0 aromatic heterocycles. The van der Waals surface area contributed by atoms with Crippen LogP contribution in [0.3, 0.4) is 0 Å². The van der Waals surface area contributed by atoms with Gasteiger partial charge in [0, 0.05) is 6.26 Å². The first-order chi connectivity index (χ1) is 6.24. The summed E-state index contributed by atoms with van der Waals surface area (Å²) in [5.41, 5.74) is 0. The highest BCUT2D eigenvalue weighted by Gasteiger charge is 2.12. The van der Waals surface area contributed by atoms with Crippen LogP contribution in [0.5, 0.6) is 0 Å². The van der Waals surface area contributed by atoms with Crippen molar-refractivity contribution in [2.24, 2.45) is 5.92 Å². The van der Waals surface area contributed by atoms with Crippen molar-refractivity contribution < 1.29 is 4.21 Å². The highest BCUT2D eigenvalue weighted by atomic mass is 32.2. The molecule has 0 saturated heterocycles. The summed E-state index contributed by atoms with van der Waals surface area (Å²) in [6, 6.07) is 0. The Balaban J connectivity index is 2.54. The molecule has 0 heterocycles. The van der Waals surface area contributed by atoms with E-state index in [1.807, 2.05) is 6.26 Å². The summed E-state index contributed by atoms with van der Waals surface area (Å²) in [5.74, 6) is 0.695. The van der Waals surface area contributed by atoms with Gasteiger partial charge in [-0.1, -0.05) is 25.3 Å². The van der Waals surface area contributed by atoms with Crippen LogP contribution in [0.25, 0.3) is 0 Å². The third-order valence-electron chi connectivity index (χ3n) is 2.51. The molecule has 0 N–H and O–H groups in total. The minimum atomic E-state index is -0.781. The van der Waals surface area contributed by atoms with E-state index < -0.39 is 10.8 Å². The molecule has 0 amide bonds. The highest BCUT2D eigenvalue weighted by molar-refractivity contribution is 8.15. The van der Waals surface area contributed by atoms with Crippen molar-refractivity contribution in [2.45, 2.75) is 32.1 Å². The average Bonchev–Trinajstić information content (AvgIpc) is 2.15. The van der Waals surface area contributed by atoms with Gasteiger partial charge in [-0.05, 0) is 25.0 Å². The Labute approximate surface area is 87.8 Å². The third kappa shape index (κ3) is 3.86. The molecule has 3 heteroatoms. The van der Waals surface area contributed by atoms with Gasteiger partial charge >= 0.3 is 0 Å². The van der Waals surface area contributed by atoms with Crippen LogP contribution in [-0.4, -0.2) is 16.7 Å². The van der Waals surface area contributed by atoms with E-state index in [9.17, 15) is 4.21 Å². The molecular formula is C10H18OS2. The second-order valence-corrected chi connectivity index (χ2v) is 6.00. The largest absolute Gasteiger partial charge is 0.254 e. The summed E-state index contributed by atoms with van der Waals surface area (Å²) in [4.78, 5) is 0. The first-order valence-corrected chi connectivity index (χ1v) is 7.61. The lowest BCUT2D eigenvalue weighted by Crippen LogP contribution is -2.04. The van der Waals surface area contributed by atoms with Crippen molar-refractivity contribution >= 4 is 22.6 Å². The average molecular weight is 218 g/mol. The maximum absolute atomic E-state index is 11.3. The van der Waals surface area contributed by atoms with E-state index in [2.05, 4.69) is 6.08 Å². The second kappa shape index (κ2) is 5.86. The van der Waals surface area contributed by atoms with Crippen molar-refractivity contribution in [3.63, 3.8) is 0 Å². The molecule has 0 bridgehead atoms. The van der Waals surface area contributed by atoms with Crippen LogP contribution in [0.4, 0.5) is 0 Å². The quantitative estimate of drug-likeness (QED) is 0.724. The first-order valence-electron chi connectivity index (χ1n) is 4.83. The van der Waals surface area contributed by atoms with E-state index in [-0.39, 0.29) is 0 Å². The predicted octanol–water partition coefficient (Wildman–Crippen LogP) is 3.15. The van der Waals surface area contributed by atoms with Crippen molar-refractivity contribution in [3.05, 3.63) is 10.3 Å². The van der Waals surface area contributed by atoms with Gasteiger partial charge < -0.3 is 0 Å². The minimum absolute atomic E-state index is 0.695. The summed E-state index contributed by atoms with van der Waals surface area (Å²) < 4.78 is 12.3. The smallest absolute Gasteiger partial charge is 0.0673 e. The van der Waals surface area contributed by atoms with Gasteiger partial charge in [0.15, 0.2) is 0 Å². The number of hydrogen-bond acceptors (Lipinski definition) is 2. The molecule has 1 aliphatic rings. The van der Waals surface area contributed by atoms with E-state index in [1.165, 1.54) is 32.1 Å². The summed E-state index contributed by atoms with van der Waals surface area (Å²) in [5, 5.41) is 0. The van der Waals surface area contributed by atoms with E-state index >= 15 is 0 Å². The topological polar surface area (TPSA) is 17.1 Å². The Bertz CT molecular complexity index is 205. The van der Waals surface area contributed by atoms with Crippen LogP contribution in [-0.2, 0) is 10.8 Å². The van der Waals surface area contributed by atoms with Gasteiger partial charge in [-0.15, -0.1) is 11.8 Å². The molecule has 0 spiro atoms. The fourth-order valence-corrected chi connectivity index (χ4v) is 3.43. The van der Waals surface area contributed by atoms with Gasteiger partial charge in [0.25, 0.3) is 0 Å². The number of thioether (sulfide) groups is 1. The van der Waals surface area contributed by atoms with Crippen LogP contribution >= 0.6 is 11.8 Å². The monoisotopic (exact) mass is 218 g/mol. The lowest BCUT2D eigenvalue weighted by Gasteiger charge is -2.18. The minimum Gasteiger partial charge on any atom is -0.254 e. The first kappa shape index (κ1) is 11.3. The summed E-state index contributed by atoms with van der Waals surface area (Å²) >= 11 is 1.63. The Morgan fingerprint density at radius 2 is 2.00 bits per heavy atom. The van der Waals surface area contributed by atoms with E-state index in [0.717, 1.165) is 4.24 Å². The zero-order chi connectivity index (χ0) is 9.68. The van der Waals surface area contributed by atoms with Crippen LogP contribution in [0.1, 0.15) is 32.1 Å². The van der Waals surface area contributed by atoms with Gasteiger partial charge in [-0.25, -0.2) is 0 Å². The Morgan fingerprint density at radius 3 is 2.46 bits per heavy atom. The van der Waals surface area contributed by atoms with Crippen LogP contribution in [0, 0.1) is 5.92 Å². The lowest BCUT2D eigenvalue weighted by atomic mass is 9.90. The van der Waals surface area contributed by atoms with Crippen molar-refractivity contribution in [1.29, 1.82) is 0 Å². The molecule has 1 unspecified atom stereocenters. The zero-order valence-corrected chi connectivity index (χ0v) is 10.0. The molecule has 13 heavy (non-hydrogen) atoms. The van der Waals surface area contributed by atoms with Gasteiger partial charge in [0.05, 0.1) is 15.0 Å². The summed E-state index contributed by atoms with van der Waals surface area (Å²) in [7, 11) is -0.781. The molecular weight excluding hydrogens is 200 g/mol. The Hall–Kier alpha value is 0.240. The van der Waals surface area contributed by atoms with Gasteiger partial charge in [-0.2, -0.15) is 0 Å². The van der Waals surface area contributed by atoms with E-state index in [4.69, 9.17) is 0 Å². The molecule has 0 aliphatic heterocycles. The molecule has 0 aromatic carbocycles. The maximum Gasteiger partial charge on any atom is 0.0673 e. The molecule has 1 aliphatic carbocycles. The van der Waals surface area contributed by atoms with Crippen molar-refractivity contribution in [1.82, 2.24) is 0 Å². The number of rotatable bonds is 3. The fourth-order valence-electron chi connectivity index (χ4n) is 1.77. The highest BCUT2D eigenvalue weighted by Crippen LogP contribution is 2.28. The number of hydrogen-bond donors (Lipinski definition) is 0. The van der Waals surface area contributed by atoms with E-state index in [0.29, 0.717) is 5.92 Å². The summed E-state index contributed by atoms with van der Waals surface area (Å²) in [6.07, 6.45) is 12.7. The molecule has 1 atom stereocenters. The fraction of sp³-hybridized carbons (Fsp3) is 0.800. The van der Waals surface area contributed by atoms with Gasteiger partial charge in [-0.3, -0.25) is 4.21 Å². The van der Waals surface area contributed by atoms with Crippen molar-refractivity contribution in [3.8, 4) is 0 Å². The van der Waals surface area contributed by atoms with Gasteiger partial charge in [0.1, 0.15) is 0 Å². The van der Waals surface area contributed by atoms with Crippen LogP contribution in [0.15, 0.2) is 10.3 Å². The van der Waals surface area contributed by atoms with Gasteiger partial charge in [0.2, 0.25) is 0 Å². The van der Waals surface area contributed by atoms with Crippen LogP contribution in [0.2, 0.25) is 0 Å². The molecule has 0 radical (unpaired) electrons. The maximum atomic E-state index is 11.3. The SMILES string of the molecule is CS/C(=C\C1CCCCC1)S(C)=O. The lowest BCUT2D eigenvalue weighted by molar-refractivity contribution is 0.419. The predicted molar refractivity (Wildman–Crippen MR) is 62.2 cm³/mol. The molecule has 0 aromatic rings. The molecule has 76 valence electrons. The molecule has 1 nitrogen and oxygen atoms in total. The molecule has 1 rings (SSSR count). The van der Waals surface area contributed by atoms with Crippen molar-refractivity contribution in [2.75, 3.05) is 12.5 Å². The Morgan fingerprint density at radius 1 is 1.38 bits per heavy atom. The zero-order valence-electron chi connectivity index (χ0n) is 8.41. The third-order valence-corrected chi connectivity index (χ3v) is 4.95. The molecule has 1 fully saturated rings. The normalized spacial score (nSPS) is 23.1. The van der Waals surface area contributed by atoms with Crippen LogP contribution < -0.4 is 0 Å². The van der Waals surface area contributed by atoms with E-state index in [1.54, 1.807) is 18.0 Å².